The Hall–Kier alpha value is -2.21. The van der Waals surface area contributed by atoms with Crippen LogP contribution >= 0.6 is 0 Å². The Kier molecular flexibility index (Phi) is 5.53. The first-order valence-electron chi connectivity index (χ1n) is 10.2. The SMILES string of the molecule is O=C(NCc1nn(CCN2CCCC2)c(=O)c2ccccc12)C1CCCC1. The molecule has 144 valence electrons. The molecule has 1 aromatic carbocycles. The first-order chi connectivity index (χ1) is 13.2. The summed E-state index contributed by atoms with van der Waals surface area (Å²) in [5.41, 5.74) is 0.730. The minimum atomic E-state index is -0.0457. The van der Waals surface area contributed by atoms with Crippen LogP contribution in [0.4, 0.5) is 0 Å². The van der Waals surface area contributed by atoms with E-state index in [0.29, 0.717) is 18.5 Å². The third-order valence-electron chi connectivity index (χ3n) is 5.93. The third-order valence-corrected chi connectivity index (χ3v) is 5.93. The Labute approximate surface area is 159 Å². The van der Waals surface area contributed by atoms with Crippen LogP contribution < -0.4 is 10.9 Å². The number of likely N-dealkylation sites (tertiary alicyclic amines) is 1. The van der Waals surface area contributed by atoms with Crippen molar-refractivity contribution in [3.05, 3.63) is 40.3 Å². The quantitative estimate of drug-likeness (QED) is 0.850. The summed E-state index contributed by atoms with van der Waals surface area (Å²) in [7, 11) is 0. The van der Waals surface area contributed by atoms with Gasteiger partial charge in [0.2, 0.25) is 5.91 Å². The molecule has 0 bridgehead atoms. The van der Waals surface area contributed by atoms with E-state index >= 15 is 0 Å². The van der Waals surface area contributed by atoms with E-state index in [-0.39, 0.29) is 17.4 Å². The molecule has 0 spiro atoms. The monoisotopic (exact) mass is 368 g/mol. The summed E-state index contributed by atoms with van der Waals surface area (Å²) in [5.74, 6) is 0.255. The molecule has 1 aliphatic heterocycles. The predicted molar refractivity (Wildman–Crippen MR) is 105 cm³/mol. The Balaban J connectivity index is 1.55. The van der Waals surface area contributed by atoms with Gasteiger partial charge in [-0.25, -0.2) is 4.68 Å². The van der Waals surface area contributed by atoms with Gasteiger partial charge in [-0.05, 0) is 44.8 Å². The molecule has 1 saturated heterocycles. The lowest BCUT2D eigenvalue weighted by Gasteiger charge is -2.17. The highest BCUT2D eigenvalue weighted by Crippen LogP contribution is 2.24. The van der Waals surface area contributed by atoms with Crippen LogP contribution in [0, 0.1) is 5.92 Å². The van der Waals surface area contributed by atoms with E-state index < -0.39 is 0 Å². The highest BCUT2D eigenvalue weighted by Gasteiger charge is 2.23. The van der Waals surface area contributed by atoms with Crippen molar-refractivity contribution in [3.63, 3.8) is 0 Å². The van der Waals surface area contributed by atoms with Crippen LogP contribution in [0.3, 0.4) is 0 Å². The van der Waals surface area contributed by atoms with Crippen molar-refractivity contribution in [3.8, 4) is 0 Å². The number of benzene rings is 1. The van der Waals surface area contributed by atoms with Crippen molar-refractivity contribution in [2.45, 2.75) is 51.6 Å². The minimum absolute atomic E-state index is 0.0457. The second kappa shape index (κ2) is 8.21. The zero-order chi connectivity index (χ0) is 18.6. The first kappa shape index (κ1) is 18.2. The summed E-state index contributed by atoms with van der Waals surface area (Å²) >= 11 is 0. The zero-order valence-electron chi connectivity index (χ0n) is 15.8. The van der Waals surface area contributed by atoms with Gasteiger partial charge >= 0.3 is 0 Å². The zero-order valence-corrected chi connectivity index (χ0v) is 15.8. The van der Waals surface area contributed by atoms with Crippen molar-refractivity contribution in [1.29, 1.82) is 0 Å². The summed E-state index contributed by atoms with van der Waals surface area (Å²) in [5, 5.41) is 9.19. The number of nitrogens with zero attached hydrogens (tertiary/aromatic N) is 3. The lowest BCUT2D eigenvalue weighted by molar-refractivity contribution is -0.124. The van der Waals surface area contributed by atoms with Crippen LogP contribution in [0.2, 0.25) is 0 Å². The van der Waals surface area contributed by atoms with Gasteiger partial charge in [0.15, 0.2) is 0 Å². The van der Waals surface area contributed by atoms with Gasteiger partial charge in [0.25, 0.3) is 5.56 Å². The van der Waals surface area contributed by atoms with Crippen LogP contribution in [0.5, 0.6) is 0 Å². The fourth-order valence-electron chi connectivity index (χ4n) is 4.33. The summed E-state index contributed by atoms with van der Waals surface area (Å²) in [6, 6.07) is 7.58. The number of fused-ring (bicyclic) bond motifs is 1. The van der Waals surface area contributed by atoms with Crippen LogP contribution in [-0.4, -0.2) is 40.2 Å². The molecule has 6 nitrogen and oxygen atoms in total. The topological polar surface area (TPSA) is 67.2 Å². The Bertz CT molecular complexity index is 864. The molecule has 2 heterocycles. The van der Waals surface area contributed by atoms with Crippen molar-refractivity contribution < 1.29 is 4.79 Å². The number of rotatable bonds is 6. The fourth-order valence-corrected chi connectivity index (χ4v) is 4.33. The molecule has 0 atom stereocenters. The van der Waals surface area contributed by atoms with Gasteiger partial charge in [-0.2, -0.15) is 5.10 Å². The number of carbonyl (C=O) groups is 1. The maximum Gasteiger partial charge on any atom is 0.274 e. The van der Waals surface area contributed by atoms with Gasteiger partial charge in [0.05, 0.1) is 24.2 Å². The number of amides is 1. The maximum atomic E-state index is 12.8. The van der Waals surface area contributed by atoms with Crippen LogP contribution in [0.15, 0.2) is 29.1 Å². The van der Waals surface area contributed by atoms with Gasteiger partial charge in [0, 0.05) is 17.8 Å². The molecule has 1 aromatic heterocycles. The number of nitrogens with one attached hydrogen (secondary N) is 1. The number of aromatic nitrogens is 2. The van der Waals surface area contributed by atoms with E-state index in [2.05, 4.69) is 15.3 Å². The van der Waals surface area contributed by atoms with E-state index in [9.17, 15) is 9.59 Å². The Morgan fingerprint density at radius 3 is 2.48 bits per heavy atom. The van der Waals surface area contributed by atoms with Gasteiger partial charge in [-0.1, -0.05) is 31.0 Å². The number of carbonyl (C=O) groups excluding carboxylic acids is 1. The van der Waals surface area contributed by atoms with Crippen molar-refractivity contribution in [2.24, 2.45) is 5.92 Å². The highest BCUT2D eigenvalue weighted by molar-refractivity contribution is 5.84. The molecule has 4 rings (SSSR count). The fraction of sp³-hybridized carbons (Fsp3) is 0.571. The lowest BCUT2D eigenvalue weighted by Crippen LogP contribution is -2.33. The van der Waals surface area contributed by atoms with Gasteiger partial charge in [0.1, 0.15) is 0 Å². The minimum Gasteiger partial charge on any atom is -0.350 e. The molecular formula is C21H28N4O2. The van der Waals surface area contributed by atoms with E-state index in [1.54, 1.807) is 4.68 Å². The Morgan fingerprint density at radius 1 is 1.04 bits per heavy atom. The lowest BCUT2D eigenvalue weighted by atomic mass is 10.1. The summed E-state index contributed by atoms with van der Waals surface area (Å²) in [4.78, 5) is 27.6. The molecule has 6 heteroatoms. The Morgan fingerprint density at radius 2 is 1.74 bits per heavy atom. The predicted octanol–water partition coefficient (Wildman–Crippen LogP) is 2.30. The first-order valence-corrected chi connectivity index (χ1v) is 10.2. The molecule has 1 aliphatic carbocycles. The van der Waals surface area contributed by atoms with E-state index in [1.165, 1.54) is 12.8 Å². The summed E-state index contributed by atoms with van der Waals surface area (Å²) in [6.07, 6.45) is 6.71. The van der Waals surface area contributed by atoms with Gasteiger partial charge in [-0.15, -0.1) is 0 Å². The third kappa shape index (κ3) is 4.05. The van der Waals surface area contributed by atoms with Gasteiger partial charge in [-0.3, -0.25) is 9.59 Å². The average Bonchev–Trinajstić information content (AvgIpc) is 3.40. The van der Waals surface area contributed by atoms with Crippen LogP contribution in [0.1, 0.15) is 44.2 Å². The summed E-state index contributed by atoms with van der Waals surface area (Å²) in [6.45, 7) is 4.02. The molecule has 27 heavy (non-hydrogen) atoms. The molecule has 0 unspecified atom stereocenters. The smallest absolute Gasteiger partial charge is 0.274 e. The van der Waals surface area contributed by atoms with E-state index in [1.807, 2.05) is 24.3 Å². The molecule has 1 saturated carbocycles. The van der Waals surface area contributed by atoms with E-state index in [4.69, 9.17) is 0 Å². The molecule has 1 N–H and O–H groups in total. The molecule has 1 amide bonds. The van der Waals surface area contributed by atoms with Crippen LogP contribution in [0.25, 0.3) is 10.8 Å². The second-order valence-corrected chi connectivity index (χ2v) is 7.77. The average molecular weight is 368 g/mol. The van der Waals surface area contributed by atoms with E-state index in [0.717, 1.165) is 56.4 Å². The highest BCUT2D eigenvalue weighted by atomic mass is 16.2. The molecule has 0 radical (unpaired) electrons. The number of hydrogen-bond donors (Lipinski definition) is 1. The largest absolute Gasteiger partial charge is 0.350 e. The molecule has 2 aliphatic rings. The van der Waals surface area contributed by atoms with Crippen molar-refractivity contribution >= 4 is 16.7 Å². The maximum absolute atomic E-state index is 12.8. The summed E-state index contributed by atoms with van der Waals surface area (Å²) < 4.78 is 1.58. The second-order valence-electron chi connectivity index (χ2n) is 7.77. The standard InChI is InChI=1S/C21H28N4O2/c26-20(16-7-1-2-8-16)22-15-19-17-9-3-4-10-18(17)21(27)25(23-19)14-13-24-11-5-6-12-24/h3-4,9-10,16H,1-2,5-8,11-15H2,(H,22,26). The molecule has 2 fully saturated rings. The molecule has 2 aromatic rings. The van der Waals surface area contributed by atoms with Crippen LogP contribution in [-0.2, 0) is 17.9 Å². The number of hydrogen-bond acceptors (Lipinski definition) is 4. The van der Waals surface area contributed by atoms with Crippen molar-refractivity contribution in [1.82, 2.24) is 20.0 Å². The normalized spacial score (nSPS) is 18.4. The molecular weight excluding hydrogens is 340 g/mol. The van der Waals surface area contributed by atoms with Crippen molar-refractivity contribution in [2.75, 3.05) is 19.6 Å². The van der Waals surface area contributed by atoms with Gasteiger partial charge < -0.3 is 10.2 Å².